The molecule has 0 heterocycles. The van der Waals surface area contributed by atoms with Crippen LogP contribution in [0.2, 0.25) is 0 Å². The summed E-state index contributed by atoms with van der Waals surface area (Å²) in [5.74, 6) is -1.46. The molecule has 0 aliphatic rings. The molecule has 0 radical (unpaired) electrons. The van der Waals surface area contributed by atoms with Crippen LogP contribution in [0.5, 0.6) is 11.5 Å². The van der Waals surface area contributed by atoms with Crippen molar-refractivity contribution in [3.63, 3.8) is 0 Å². The van der Waals surface area contributed by atoms with E-state index >= 15 is 0 Å². The highest BCUT2D eigenvalue weighted by Gasteiger charge is 2.22. The van der Waals surface area contributed by atoms with E-state index in [4.69, 9.17) is 9.47 Å². The lowest BCUT2D eigenvalue weighted by atomic mass is 10.1. The van der Waals surface area contributed by atoms with Crippen molar-refractivity contribution in [1.82, 2.24) is 5.32 Å². The predicted octanol–water partition coefficient (Wildman–Crippen LogP) is 3.98. The number of nitrogens with one attached hydrogen (secondary N) is 1. The zero-order valence-corrected chi connectivity index (χ0v) is 17.1. The smallest absolute Gasteiger partial charge is 0.387 e. The van der Waals surface area contributed by atoms with Crippen molar-refractivity contribution < 1.29 is 32.6 Å². The van der Waals surface area contributed by atoms with Crippen LogP contribution in [0.4, 0.5) is 8.78 Å². The quantitative estimate of drug-likeness (QED) is 0.588. The van der Waals surface area contributed by atoms with Crippen molar-refractivity contribution in [1.29, 1.82) is 0 Å². The molecule has 8 heteroatoms. The lowest BCUT2D eigenvalue weighted by Crippen LogP contribution is -2.41. The number of hydrogen-bond donors (Lipinski definition) is 1. The van der Waals surface area contributed by atoms with Gasteiger partial charge in [0.1, 0.15) is 0 Å². The summed E-state index contributed by atoms with van der Waals surface area (Å²) in [6.45, 7) is 0.314. The maximum Gasteiger partial charge on any atom is 0.387 e. The van der Waals surface area contributed by atoms with E-state index in [9.17, 15) is 18.4 Å². The van der Waals surface area contributed by atoms with Gasteiger partial charge in [-0.05, 0) is 50.5 Å². The van der Waals surface area contributed by atoms with Crippen molar-refractivity contribution in [3.05, 3.63) is 59.7 Å². The molecule has 2 rings (SSSR count). The number of ether oxygens (including phenoxy) is 3. The zero-order valence-electron chi connectivity index (χ0n) is 17.1. The molecule has 162 valence electrons. The molecule has 2 atom stereocenters. The van der Waals surface area contributed by atoms with Gasteiger partial charge in [0, 0.05) is 6.04 Å². The van der Waals surface area contributed by atoms with E-state index in [0.717, 1.165) is 12.8 Å². The van der Waals surface area contributed by atoms with E-state index in [0.29, 0.717) is 0 Å². The Morgan fingerprint density at radius 1 is 1.03 bits per heavy atom. The van der Waals surface area contributed by atoms with E-state index in [1.807, 2.05) is 37.3 Å². The van der Waals surface area contributed by atoms with Gasteiger partial charge >= 0.3 is 12.6 Å². The molecule has 2 aromatic rings. The van der Waals surface area contributed by atoms with Gasteiger partial charge in [-0.25, -0.2) is 4.79 Å². The largest absolute Gasteiger partial charge is 0.493 e. The molecule has 0 aliphatic heterocycles. The van der Waals surface area contributed by atoms with Gasteiger partial charge in [-0.3, -0.25) is 4.79 Å². The first-order valence-electron chi connectivity index (χ1n) is 9.48. The van der Waals surface area contributed by atoms with Crippen molar-refractivity contribution in [2.75, 3.05) is 7.11 Å². The minimum Gasteiger partial charge on any atom is -0.493 e. The zero-order chi connectivity index (χ0) is 22.1. The molecule has 0 fully saturated rings. The Hall–Kier alpha value is -3.16. The Bertz CT molecular complexity index is 845. The van der Waals surface area contributed by atoms with E-state index < -0.39 is 24.6 Å². The molecule has 0 spiro atoms. The summed E-state index contributed by atoms with van der Waals surface area (Å²) >= 11 is 0. The highest BCUT2D eigenvalue weighted by molar-refractivity contribution is 5.92. The number of carbonyl (C=O) groups excluding carboxylic acids is 2. The maximum atomic E-state index is 12.4. The average Bonchev–Trinajstić information content (AvgIpc) is 2.72. The summed E-state index contributed by atoms with van der Waals surface area (Å²) in [6, 6.07) is 13.4. The van der Waals surface area contributed by atoms with Gasteiger partial charge in [0.15, 0.2) is 17.6 Å². The summed E-state index contributed by atoms with van der Waals surface area (Å²) in [6.07, 6.45) is 0.516. The number of amides is 1. The molecule has 6 nitrogen and oxygen atoms in total. The second-order valence-corrected chi connectivity index (χ2v) is 6.73. The van der Waals surface area contributed by atoms with Crippen LogP contribution in [0.3, 0.4) is 0 Å². The minimum absolute atomic E-state index is 0.0450. The standard InChI is InChI=1S/C22H25F2NO5/c1-14(9-10-16-7-5-4-6-8-16)25-20(26)15(2)29-21(27)17-11-12-18(30-22(23)24)19(13-17)28-3/h4-8,11-15,22H,9-10H2,1-3H3,(H,25,26)/t14-,15+/m1/s1. The van der Waals surface area contributed by atoms with Gasteiger partial charge in [0.2, 0.25) is 0 Å². The van der Waals surface area contributed by atoms with Crippen LogP contribution in [0.1, 0.15) is 36.2 Å². The monoisotopic (exact) mass is 421 g/mol. The molecule has 1 amide bonds. The first kappa shape index (κ1) is 23.1. The van der Waals surface area contributed by atoms with E-state index in [2.05, 4.69) is 10.1 Å². The summed E-state index contributed by atoms with van der Waals surface area (Å²) in [5.41, 5.74) is 1.22. The number of benzene rings is 2. The Balaban J connectivity index is 1.88. The van der Waals surface area contributed by atoms with Gasteiger partial charge in [0.25, 0.3) is 5.91 Å². The number of alkyl halides is 2. The van der Waals surface area contributed by atoms with Crippen LogP contribution >= 0.6 is 0 Å². The molecular weight excluding hydrogens is 396 g/mol. The molecule has 0 saturated heterocycles. The molecule has 0 bridgehead atoms. The van der Waals surface area contributed by atoms with E-state index in [1.165, 1.54) is 37.8 Å². The number of rotatable bonds is 10. The summed E-state index contributed by atoms with van der Waals surface area (Å²) < 4.78 is 39.3. The number of aryl methyl sites for hydroxylation is 1. The van der Waals surface area contributed by atoms with Gasteiger partial charge in [-0.1, -0.05) is 30.3 Å². The third-order valence-electron chi connectivity index (χ3n) is 4.37. The van der Waals surface area contributed by atoms with Crippen LogP contribution in [0.15, 0.2) is 48.5 Å². The number of hydrogen-bond acceptors (Lipinski definition) is 5. The molecule has 2 aromatic carbocycles. The van der Waals surface area contributed by atoms with E-state index in [-0.39, 0.29) is 23.1 Å². The molecule has 0 unspecified atom stereocenters. The van der Waals surface area contributed by atoms with Crippen LogP contribution in [0.25, 0.3) is 0 Å². The molecule has 0 aromatic heterocycles. The minimum atomic E-state index is -3.02. The van der Waals surface area contributed by atoms with E-state index in [1.54, 1.807) is 0 Å². The normalized spacial score (nSPS) is 12.7. The summed E-state index contributed by atoms with van der Waals surface area (Å²) in [5, 5.41) is 2.82. The number of methoxy groups -OCH3 is 1. The fourth-order valence-corrected chi connectivity index (χ4v) is 2.73. The first-order chi connectivity index (χ1) is 14.3. The highest BCUT2D eigenvalue weighted by Crippen LogP contribution is 2.29. The fraction of sp³-hybridized carbons (Fsp3) is 0.364. The summed E-state index contributed by atoms with van der Waals surface area (Å²) in [7, 11) is 1.26. The van der Waals surface area contributed by atoms with Crippen molar-refractivity contribution >= 4 is 11.9 Å². The van der Waals surface area contributed by atoms with Crippen LogP contribution in [-0.2, 0) is 16.0 Å². The van der Waals surface area contributed by atoms with Crippen LogP contribution in [-0.4, -0.2) is 37.7 Å². The van der Waals surface area contributed by atoms with Crippen molar-refractivity contribution in [2.45, 2.75) is 45.4 Å². The predicted molar refractivity (Wildman–Crippen MR) is 107 cm³/mol. The SMILES string of the molecule is COc1cc(C(=O)O[C@@H](C)C(=O)N[C@H](C)CCc2ccccc2)ccc1OC(F)F. The van der Waals surface area contributed by atoms with Gasteiger partial charge in [-0.2, -0.15) is 8.78 Å². The van der Waals surface area contributed by atoms with Crippen LogP contribution < -0.4 is 14.8 Å². The van der Waals surface area contributed by atoms with Crippen molar-refractivity contribution in [2.24, 2.45) is 0 Å². The Labute approximate surface area is 174 Å². The van der Waals surface area contributed by atoms with Gasteiger partial charge in [-0.15, -0.1) is 0 Å². The molecule has 0 saturated carbocycles. The third kappa shape index (κ3) is 7.02. The topological polar surface area (TPSA) is 73.9 Å². The molecule has 0 aliphatic carbocycles. The molecule has 1 N–H and O–H groups in total. The van der Waals surface area contributed by atoms with Gasteiger partial charge in [0.05, 0.1) is 12.7 Å². The number of carbonyl (C=O) groups is 2. The maximum absolute atomic E-state index is 12.4. The Morgan fingerprint density at radius 2 is 1.73 bits per heavy atom. The van der Waals surface area contributed by atoms with Crippen LogP contribution in [0, 0.1) is 0 Å². The Kier molecular flexibility index (Phi) is 8.58. The molecule has 30 heavy (non-hydrogen) atoms. The first-order valence-corrected chi connectivity index (χ1v) is 9.48. The van der Waals surface area contributed by atoms with Crippen molar-refractivity contribution in [3.8, 4) is 11.5 Å². The number of esters is 1. The van der Waals surface area contributed by atoms with Gasteiger partial charge < -0.3 is 19.5 Å². The fourth-order valence-electron chi connectivity index (χ4n) is 2.73. The number of halogens is 2. The molecular formula is C22H25F2NO5. The second-order valence-electron chi connectivity index (χ2n) is 6.73. The summed E-state index contributed by atoms with van der Waals surface area (Å²) in [4.78, 5) is 24.6. The average molecular weight is 421 g/mol. The second kappa shape index (κ2) is 11.1. The lowest BCUT2D eigenvalue weighted by molar-refractivity contribution is -0.129. The highest BCUT2D eigenvalue weighted by atomic mass is 19.3. The third-order valence-corrected chi connectivity index (χ3v) is 4.37. The lowest BCUT2D eigenvalue weighted by Gasteiger charge is -2.18. The Morgan fingerprint density at radius 3 is 2.37 bits per heavy atom.